The second kappa shape index (κ2) is 11.3. The molecule has 0 N–H and O–H groups in total. The number of aryl methyl sites for hydroxylation is 11. The first-order chi connectivity index (χ1) is 19.6. The predicted molar refractivity (Wildman–Crippen MR) is 172 cm³/mol. The van der Waals surface area contributed by atoms with E-state index in [9.17, 15) is 0 Å². The van der Waals surface area contributed by atoms with Gasteiger partial charge in [0.05, 0.1) is 11.4 Å². The zero-order valence-electron chi connectivity index (χ0n) is 28.0. The van der Waals surface area contributed by atoms with Gasteiger partial charge in [0.1, 0.15) is 22.1 Å². The second-order valence-corrected chi connectivity index (χ2v) is 11.6. The van der Waals surface area contributed by atoms with Crippen molar-refractivity contribution in [1.29, 1.82) is 0 Å². The number of hydrogen-bond acceptors (Lipinski definition) is 6. The van der Waals surface area contributed by atoms with E-state index in [0.717, 1.165) is 33.5 Å². The van der Waals surface area contributed by atoms with E-state index in [1.807, 2.05) is 35.0 Å². The van der Waals surface area contributed by atoms with Gasteiger partial charge in [-0.15, -0.1) is 0 Å². The average molecular weight is 568 g/mol. The molecule has 6 aromatic rings. The molecule has 0 bridgehead atoms. The minimum absolute atomic E-state index is 1.01. The summed E-state index contributed by atoms with van der Waals surface area (Å²) in [6, 6.07) is 0. The van der Waals surface area contributed by atoms with E-state index in [1.165, 1.54) is 66.4 Å². The molecule has 0 atom stereocenters. The fourth-order valence-electron chi connectivity index (χ4n) is 5.70. The molecule has 0 saturated heterocycles. The molecule has 0 unspecified atom stereocenters. The Bertz CT molecular complexity index is 1920. The van der Waals surface area contributed by atoms with Gasteiger partial charge in [-0.2, -0.15) is 45.0 Å². The van der Waals surface area contributed by atoms with E-state index in [2.05, 4.69) is 99.8 Å². The lowest BCUT2D eigenvalue weighted by atomic mass is 9.87. The van der Waals surface area contributed by atoms with Crippen molar-refractivity contribution >= 4 is 32.8 Å². The highest BCUT2D eigenvalue weighted by Crippen LogP contribution is 2.37. The second-order valence-electron chi connectivity index (χ2n) is 11.6. The van der Waals surface area contributed by atoms with Crippen molar-refractivity contribution in [3.05, 3.63) is 67.0 Å². The standard InChI is InChI=1S/C17H21N3.C11H15N3.C5H9N3/c1-8-9(2)11(4)15-14(10(8)3)12(5)13(6)16-17(15)19-20(7)18-16;1-6-7(2)9(4)11-10(8(6)3)12-14(5)13-11;1-4-5(2)7-8(3)6-4/h1-7H3;1-5H3;1-3H3. The van der Waals surface area contributed by atoms with Crippen molar-refractivity contribution in [3.8, 4) is 0 Å². The van der Waals surface area contributed by atoms with Crippen LogP contribution in [0.4, 0.5) is 0 Å². The Labute approximate surface area is 248 Å². The van der Waals surface area contributed by atoms with Gasteiger partial charge in [0.25, 0.3) is 0 Å². The van der Waals surface area contributed by atoms with Crippen LogP contribution in [0, 0.1) is 83.1 Å². The topological polar surface area (TPSA) is 92.1 Å². The fraction of sp³-hybridized carbons (Fsp3) is 0.455. The molecule has 0 aliphatic carbocycles. The zero-order valence-corrected chi connectivity index (χ0v) is 28.0. The van der Waals surface area contributed by atoms with Gasteiger partial charge < -0.3 is 0 Å². The first kappa shape index (κ1) is 30.8. The van der Waals surface area contributed by atoms with Gasteiger partial charge >= 0.3 is 0 Å². The third kappa shape index (κ3) is 5.16. The van der Waals surface area contributed by atoms with Crippen LogP contribution < -0.4 is 0 Å². The summed E-state index contributed by atoms with van der Waals surface area (Å²) in [6.07, 6.45) is 0. The molecular formula is C33H45N9. The van der Waals surface area contributed by atoms with E-state index in [1.54, 1.807) is 14.4 Å². The summed E-state index contributed by atoms with van der Waals surface area (Å²) in [7, 11) is 5.58. The maximum atomic E-state index is 4.62. The molecule has 0 fully saturated rings. The summed E-state index contributed by atoms with van der Waals surface area (Å²) in [6.45, 7) is 25.6. The highest BCUT2D eigenvalue weighted by Gasteiger charge is 2.19. The minimum atomic E-state index is 1.01. The van der Waals surface area contributed by atoms with Crippen molar-refractivity contribution in [2.75, 3.05) is 0 Å². The normalized spacial score (nSPS) is 11.2. The van der Waals surface area contributed by atoms with Crippen LogP contribution in [0.1, 0.15) is 67.0 Å². The van der Waals surface area contributed by atoms with E-state index < -0.39 is 0 Å². The van der Waals surface area contributed by atoms with E-state index >= 15 is 0 Å². The molecule has 0 saturated carbocycles. The average Bonchev–Trinajstić information content (AvgIpc) is 3.61. The molecule has 3 heterocycles. The molecule has 9 heteroatoms. The first-order valence-corrected chi connectivity index (χ1v) is 14.4. The molecule has 0 aliphatic heterocycles. The number of nitrogens with zero attached hydrogens (tertiary/aromatic N) is 9. The quantitative estimate of drug-likeness (QED) is 0.205. The first-order valence-electron chi connectivity index (χ1n) is 14.4. The lowest BCUT2D eigenvalue weighted by Gasteiger charge is -2.17. The van der Waals surface area contributed by atoms with E-state index in [-0.39, 0.29) is 0 Å². The Balaban J connectivity index is 0.000000159. The smallest absolute Gasteiger partial charge is 0.121 e. The highest BCUT2D eigenvalue weighted by atomic mass is 15.5. The molecule has 0 aliphatic rings. The van der Waals surface area contributed by atoms with Gasteiger partial charge in [-0.05, 0) is 144 Å². The number of benzene rings is 3. The Morgan fingerprint density at radius 2 is 0.548 bits per heavy atom. The van der Waals surface area contributed by atoms with Gasteiger partial charge in [-0.25, -0.2) is 0 Å². The van der Waals surface area contributed by atoms with Crippen LogP contribution in [-0.2, 0) is 21.1 Å². The van der Waals surface area contributed by atoms with Gasteiger partial charge in [0, 0.05) is 26.5 Å². The summed E-state index contributed by atoms with van der Waals surface area (Å²) in [4.78, 5) is 4.90. The third-order valence-corrected chi connectivity index (χ3v) is 9.16. The molecule has 42 heavy (non-hydrogen) atoms. The zero-order chi connectivity index (χ0) is 31.4. The van der Waals surface area contributed by atoms with Crippen LogP contribution in [0.15, 0.2) is 0 Å². The van der Waals surface area contributed by atoms with Crippen LogP contribution in [0.25, 0.3) is 32.8 Å². The minimum Gasteiger partial charge on any atom is -0.188 e. The molecule has 0 spiro atoms. The lowest BCUT2D eigenvalue weighted by molar-refractivity contribution is 0.646. The van der Waals surface area contributed by atoms with Crippen LogP contribution in [0.2, 0.25) is 0 Å². The van der Waals surface area contributed by atoms with E-state index in [4.69, 9.17) is 0 Å². The molecule has 222 valence electrons. The third-order valence-electron chi connectivity index (χ3n) is 9.16. The largest absolute Gasteiger partial charge is 0.188 e. The van der Waals surface area contributed by atoms with Crippen LogP contribution in [0.5, 0.6) is 0 Å². The van der Waals surface area contributed by atoms with Crippen LogP contribution in [-0.4, -0.2) is 45.0 Å². The Morgan fingerprint density at radius 3 is 0.929 bits per heavy atom. The van der Waals surface area contributed by atoms with Crippen molar-refractivity contribution in [1.82, 2.24) is 45.0 Å². The summed E-state index contributed by atoms with van der Waals surface area (Å²) in [5.74, 6) is 0. The summed E-state index contributed by atoms with van der Waals surface area (Å²) in [5, 5.41) is 28.6. The lowest BCUT2D eigenvalue weighted by Crippen LogP contribution is -1.98. The van der Waals surface area contributed by atoms with Crippen molar-refractivity contribution < 1.29 is 0 Å². The molecule has 6 rings (SSSR count). The summed E-state index contributed by atoms with van der Waals surface area (Å²) >= 11 is 0. The van der Waals surface area contributed by atoms with Gasteiger partial charge in [-0.1, -0.05) is 0 Å². The monoisotopic (exact) mass is 567 g/mol. The van der Waals surface area contributed by atoms with Gasteiger partial charge in [-0.3, -0.25) is 0 Å². The Morgan fingerprint density at radius 1 is 0.286 bits per heavy atom. The van der Waals surface area contributed by atoms with Gasteiger partial charge in [0.15, 0.2) is 0 Å². The molecule has 0 radical (unpaired) electrons. The molecular weight excluding hydrogens is 522 g/mol. The highest BCUT2D eigenvalue weighted by molar-refractivity contribution is 6.10. The van der Waals surface area contributed by atoms with Crippen molar-refractivity contribution in [2.45, 2.75) is 83.1 Å². The number of aromatic nitrogens is 9. The SMILES string of the molecule is Cc1c(C)c(C)c2c(c1C)c(C)c(C)c1nn(C)nc12.Cc1c(C)c(C)c2nn(C)nc2c1C.Cc1nn(C)nc1C. The number of rotatable bonds is 0. The summed E-state index contributed by atoms with van der Waals surface area (Å²) in [5.41, 5.74) is 19.3. The predicted octanol–water partition coefficient (Wildman–Crippen LogP) is 6.61. The van der Waals surface area contributed by atoms with Crippen LogP contribution >= 0.6 is 0 Å². The maximum absolute atomic E-state index is 4.62. The van der Waals surface area contributed by atoms with Crippen molar-refractivity contribution in [3.63, 3.8) is 0 Å². The molecule has 3 aromatic carbocycles. The van der Waals surface area contributed by atoms with Crippen molar-refractivity contribution in [2.24, 2.45) is 21.1 Å². The Hall–Kier alpha value is -4.14. The molecule has 9 nitrogen and oxygen atoms in total. The molecule has 0 amide bonds. The number of fused-ring (bicyclic) bond motifs is 4. The maximum Gasteiger partial charge on any atom is 0.121 e. The summed E-state index contributed by atoms with van der Waals surface area (Å²) < 4.78 is 0. The van der Waals surface area contributed by atoms with Gasteiger partial charge in [0.2, 0.25) is 0 Å². The molecule has 3 aromatic heterocycles. The number of hydrogen-bond donors (Lipinski definition) is 0. The van der Waals surface area contributed by atoms with Crippen LogP contribution in [0.3, 0.4) is 0 Å². The Kier molecular flexibility index (Phi) is 8.27. The fourth-order valence-corrected chi connectivity index (χ4v) is 5.70. The van der Waals surface area contributed by atoms with E-state index in [0.29, 0.717) is 0 Å².